The van der Waals surface area contributed by atoms with Crippen LogP contribution in [0.25, 0.3) is 11.3 Å². The van der Waals surface area contributed by atoms with E-state index in [2.05, 4.69) is 10.5 Å². The third kappa shape index (κ3) is 2.50. The van der Waals surface area contributed by atoms with Crippen LogP contribution >= 0.6 is 0 Å². The van der Waals surface area contributed by atoms with Gasteiger partial charge < -0.3 is 9.84 Å². The Morgan fingerprint density at radius 3 is 2.76 bits per heavy atom. The summed E-state index contributed by atoms with van der Waals surface area (Å²) in [5, 5.41) is 6.27. The molecule has 0 saturated carbocycles. The van der Waals surface area contributed by atoms with E-state index in [1.54, 1.807) is 12.1 Å². The van der Waals surface area contributed by atoms with Gasteiger partial charge in [-0.15, -0.1) is 0 Å². The van der Waals surface area contributed by atoms with Crippen LogP contribution in [0.4, 0.5) is 4.39 Å². The van der Waals surface area contributed by atoms with Crippen molar-refractivity contribution >= 4 is 5.91 Å². The monoisotopic (exact) mass is 234 g/mol. The van der Waals surface area contributed by atoms with Crippen molar-refractivity contribution in [2.75, 3.05) is 6.54 Å². The molecular weight excluding hydrogens is 223 g/mol. The van der Waals surface area contributed by atoms with Gasteiger partial charge >= 0.3 is 0 Å². The van der Waals surface area contributed by atoms with Crippen molar-refractivity contribution < 1.29 is 13.7 Å². The van der Waals surface area contributed by atoms with Gasteiger partial charge in [-0.3, -0.25) is 4.79 Å². The first-order valence-corrected chi connectivity index (χ1v) is 5.21. The number of benzene rings is 1. The average molecular weight is 234 g/mol. The molecule has 1 amide bonds. The summed E-state index contributed by atoms with van der Waals surface area (Å²) in [6.45, 7) is 2.34. The minimum Gasteiger partial charge on any atom is -0.355 e. The molecule has 1 N–H and O–H groups in total. The molecule has 2 aromatic rings. The van der Waals surface area contributed by atoms with Crippen LogP contribution in [-0.2, 0) is 0 Å². The second-order valence-electron chi connectivity index (χ2n) is 3.44. The third-order valence-corrected chi connectivity index (χ3v) is 2.21. The maximum Gasteiger partial charge on any atom is 0.273 e. The predicted molar refractivity (Wildman–Crippen MR) is 59.9 cm³/mol. The Kier molecular flexibility index (Phi) is 3.18. The van der Waals surface area contributed by atoms with Gasteiger partial charge in [-0.05, 0) is 31.2 Å². The fourth-order valence-electron chi connectivity index (χ4n) is 1.38. The Morgan fingerprint density at radius 1 is 1.41 bits per heavy atom. The lowest BCUT2D eigenvalue weighted by molar-refractivity contribution is 0.0947. The van der Waals surface area contributed by atoms with Gasteiger partial charge in [0.25, 0.3) is 5.91 Å². The summed E-state index contributed by atoms with van der Waals surface area (Å²) in [5.41, 5.74) is 0.889. The minimum absolute atomic E-state index is 0.214. The zero-order chi connectivity index (χ0) is 12.3. The number of rotatable bonds is 3. The first-order chi connectivity index (χ1) is 8.20. The Bertz CT molecular complexity index is 520. The summed E-state index contributed by atoms with van der Waals surface area (Å²) in [5.74, 6) is -0.173. The van der Waals surface area contributed by atoms with Crippen LogP contribution in [0.3, 0.4) is 0 Å². The van der Waals surface area contributed by atoms with E-state index in [0.29, 0.717) is 17.9 Å². The van der Waals surface area contributed by atoms with Gasteiger partial charge in [0.2, 0.25) is 0 Å². The molecule has 0 aliphatic carbocycles. The van der Waals surface area contributed by atoms with Crippen molar-refractivity contribution in [3.05, 3.63) is 41.8 Å². The van der Waals surface area contributed by atoms with Gasteiger partial charge in [-0.2, -0.15) is 0 Å². The van der Waals surface area contributed by atoms with Crippen LogP contribution in [0, 0.1) is 5.82 Å². The fraction of sp³-hybridized carbons (Fsp3) is 0.167. The quantitative estimate of drug-likeness (QED) is 0.886. The number of amides is 1. The molecule has 0 aliphatic heterocycles. The summed E-state index contributed by atoms with van der Waals surface area (Å²) >= 11 is 0. The number of hydrogen-bond acceptors (Lipinski definition) is 3. The Balaban J connectivity index is 2.23. The minimum atomic E-state index is -0.322. The van der Waals surface area contributed by atoms with Crippen LogP contribution in [0.2, 0.25) is 0 Å². The van der Waals surface area contributed by atoms with E-state index in [1.807, 2.05) is 6.92 Å². The Labute approximate surface area is 97.4 Å². The normalized spacial score (nSPS) is 10.2. The van der Waals surface area contributed by atoms with E-state index < -0.39 is 0 Å². The largest absolute Gasteiger partial charge is 0.355 e. The molecule has 1 aromatic heterocycles. The summed E-state index contributed by atoms with van der Waals surface area (Å²) in [4.78, 5) is 11.4. The molecule has 2 rings (SSSR count). The Hall–Kier alpha value is -2.17. The van der Waals surface area contributed by atoms with E-state index >= 15 is 0 Å². The maximum absolute atomic E-state index is 12.7. The van der Waals surface area contributed by atoms with Crippen molar-refractivity contribution in [1.29, 1.82) is 0 Å². The number of halogens is 1. The highest BCUT2D eigenvalue weighted by molar-refractivity contribution is 5.92. The summed E-state index contributed by atoms with van der Waals surface area (Å²) in [7, 11) is 0. The number of aromatic nitrogens is 1. The van der Waals surface area contributed by atoms with Gasteiger partial charge in [0.05, 0.1) is 0 Å². The molecule has 1 aromatic carbocycles. The summed E-state index contributed by atoms with van der Waals surface area (Å²) in [6.07, 6.45) is 0. The van der Waals surface area contributed by atoms with Gasteiger partial charge in [0, 0.05) is 18.2 Å². The number of hydrogen-bond donors (Lipinski definition) is 1. The van der Waals surface area contributed by atoms with Crippen molar-refractivity contribution in [3.8, 4) is 11.3 Å². The molecule has 0 aliphatic rings. The molecule has 0 spiro atoms. The number of carbonyl (C=O) groups is 1. The predicted octanol–water partition coefficient (Wildman–Crippen LogP) is 2.23. The molecule has 0 radical (unpaired) electrons. The lowest BCUT2D eigenvalue weighted by Gasteiger charge is -1.95. The van der Waals surface area contributed by atoms with Crippen LogP contribution in [0.5, 0.6) is 0 Å². The maximum atomic E-state index is 12.7. The molecule has 1 heterocycles. The Morgan fingerprint density at radius 2 is 2.12 bits per heavy atom. The molecule has 17 heavy (non-hydrogen) atoms. The second kappa shape index (κ2) is 4.78. The first kappa shape index (κ1) is 11.3. The highest BCUT2D eigenvalue weighted by atomic mass is 19.1. The van der Waals surface area contributed by atoms with Gasteiger partial charge in [0.1, 0.15) is 5.82 Å². The van der Waals surface area contributed by atoms with E-state index in [-0.39, 0.29) is 17.4 Å². The topological polar surface area (TPSA) is 55.1 Å². The molecule has 0 unspecified atom stereocenters. The number of carbonyl (C=O) groups excluding carboxylic acids is 1. The molecule has 0 atom stereocenters. The average Bonchev–Trinajstić information content (AvgIpc) is 2.80. The zero-order valence-electron chi connectivity index (χ0n) is 9.24. The van der Waals surface area contributed by atoms with Crippen molar-refractivity contribution in [2.24, 2.45) is 0 Å². The summed E-state index contributed by atoms with van der Waals surface area (Å²) in [6, 6.07) is 7.31. The van der Waals surface area contributed by atoms with Crippen LogP contribution in [0.1, 0.15) is 17.4 Å². The lowest BCUT2D eigenvalue weighted by atomic mass is 10.1. The molecule has 4 nitrogen and oxygen atoms in total. The third-order valence-electron chi connectivity index (χ3n) is 2.21. The van der Waals surface area contributed by atoms with E-state index in [1.165, 1.54) is 18.2 Å². The van der Waals surface area contributed by atoms with Crippen molar-refractivity contribution in [3.63, 3.8) is 0 Å². The van der Waals surface area contributed by atoms with Crippen LogP contribution < -0.4 is 5.32 Å². The fourth-order valence-corrected chi connectivity index (χ4v) is 1.38. The highest BCUT2D eigenvalue weighted by Crippen LogP contribution is 2.20. The van der Waals surface area contributed by atoms with Crippen molar-refractivity contribution in [2.45, 2.75) is 6.92 Å². The molecule has 5 heteroatoms. The lowest BCUT2D eigenvalue weighted by Crippen LogP contribution is -2.22. The van der Waals surface area contributed by atoms with E-state index in [4.69, 9.17) is 4.52 Å². The van der Waals surface area contributed by atoms with Crippen LogP contribution in [0.15, 0.2) is 34.9 Å². The molecule has 0 saturated heterocycles. The van der Waals surface area contributed by atoms with Gasteiger partial charge in [-0.25, -0.2) is 4.39 Å². The summed E-state index contributed by atoms with van der Waals surface area (Å²) < 4.78 is 17.8. The number of nitrogens with one attached hydrogen (secondary N) is 1. The number of nitrogens with zero attached hydrogens (tertiary/aromatic N) is 1. The first-order valence-electron chi connectivity index (χ1n) is 5.21. The standard InChI is InChI=1S/C12H11FN2O2/c1-2-14-12(16)10-7-11(17-15-10)8-3-5-9(13)6-4-8/h3-7H,2H2,1H3,(H,14,16). The molecule has 0 fully saturated rings. The molecular formula is C12H11FN2O2. The van der Waals surface area contributed by atoms with Gasteiger partial charge in [-0.1, -0.05) is 5.16 Å². The second-order valence-corrected chi connectivity index (χ2v) is 3.44. The van der Waals surface area contributed by atoms with E-state index in [9.17, 15) is 9.18 Å². The molecule has 0 bridgehead atoms. The molecule has 88 valence electrons. The van der Waals surface area contributed by atoms with Crippen molar-refractivity contribution in [1.82, 2.24) is 10.5 Å². The van der Waals surface area contributed by atoms with E-state index in [0.717, 1.165) is 0 Å². The van der Waals surface area contributed by atoms with Gasteiger partial charge in [0.15, 0.2) is 11.5 Å². The zero-order valence-corrected chi connectivity index (χ0v) is 9.24. The smallest absolute Gasteiger partial charge is 0.273 e. The SMILES string of the molecule is CCNC(=O)c1cc(-c2ccc(F)cc2)on1. The van der Waals surface area contributed by atoms with Crippen LogP contribution in [-0.4, -0.2) is 17.6 Å². The highest BCUT2D eigenvalue weighted by Gasteiger charge is 2.12.